The minimum Gasteiger partial charge on any atom is -0.493 e. The normalized spacial score (nSPS) is 10.2. The molecule has 0 N–H and O–H groups in total. The van der Waals surface area contributed by atoms with Gasteiger partial charge in [0.2, 0.25) is 0 Å². The molecule has 1 heterocycles. The molecule has 0 radical (unpaired) electrons. The molecule has 5 heteroatoms. The van der Waals surface area contributed by atoms with Crippen LogP contribution in [0, 0.1) is 6.92 Å². The number of methoxy groups -OCH3 is 2. The van der Waals surface area contributed by atoms with E-state index in [-0.39, 0.29) is 0 Å². The van der Waals surface area contributed by atoms with E-state index < -0.39 is 5.97 Å². The minimum absolute atomic E-state index is 0.409. The SMILES string of the molecule is COc1ccc(OC(=O)c2ccc(C)n2C)cc1OC. The van der Waals surface area contributed by atoms with Crippen LogP contribution in [-0.4, -0.2) is 24.8 Å². The number of carbonyl (C=O) groups excluding carboxylic acids is 1. The second kappa shape index (κ2) is 5.69. The second-order valence-electron chi connectivity index (χ2n) is 4.33. The predicted octanol–water partition coefficient (Wildman–Crippen LogP) is 2.57. The van der Waals surface area contributed by atoms with E-state index >= 15 is 0 Å². The van der Waals surface area contributed by atoms with Crippen molar-refractivity contribution in [3.63, 3.8) is 0 Å². The average molecular weight is 275 g/mol. The number of nitrogens with zero attached hydrogens (tertiary/aromatic N) is 1. The van der Waals surface area contributed by atoms with Crippen LogP contribution in [0.2, 0.25) is 0 Å². The van der Waals surface area contributed by atoms with Gasteiger partial charge in [-0.1, -0.05) is 0 Å². The summed E-state index contributed by atoms with van der Waals surface area (Å²) in [6.07, 6.45) is 0. The Morgan fingerprint density at radius 1 is 1.05 bits per heavy atom. The van der Waals surface area contributed by atoms with Crippen LogP contribution >= 0.6 is 0 Å². The summed E-state index contributed by atoms with van der Waals surface area (Å²) in [5.74, 6) is 1.10. The molecule has 0 aliphatic carbocycles. The van der Waals surface area contributed by atoms with Gasteiger partial charge in [-0.15, -0.1) is 0 Å². The maximum Gasteiger partial charge on any atom is 0.360 e. The highest BCUT2D eigenvalue weighted by atomic mass is 16.5. The summed E-state index contributed by atoms with van der Waals surface area (Å²) >= 11 is 0. The first kappa shape index (κ1) is 14.0. The van der Waals surface area contributed by atoms with Crippen molar-refractivity contribution in [2.75, 3.05) is 14.2 Å². The van der Waals surface area contributed by atoms with Gasteiger partial charge in [-0.2, -0.15) is 0 Å². The van der Waals surface area contributed by atoms with Gasteiger partial charge in [0.05, 0.1) is 14.2 Å². The molecule has 1 aromatic carbocycles. The Bertz CT molecular complexity index is 631. The lowest BCUT2D eigenvalue weighted by Gasteiger charge is -2.10. The Hall–Kier alpha value is -2.43. The number of aryl methyl sites for hydroxylation is 1. The predicted molar refractivity (Wildman–Crippen MR) is 74.7 cm³/mol. The molecule has 5 nitrogen and oxygen atoms in total. The molecule has 106 valence electrons. The highest BCUT2D eigenvalue weighted by Gasteiger charge is 2.14. The van der Waals surface area contributed by atoms with E-state index in [0.717, 1.165) is 5.69 Å². The number of hydrogen-bond acceptors (Lipinski definition) is 4. The molecule has 0 fully saturated rings. The van der Waals surface area contributed by atoms with Crippen molar-refractivity contribution in [3.8, 4) is 17.2 Å². The zero-order valence-corrected chi connectivity index (χ0v) is 12.0. The standard InChI is InChI=1S/C15H17NO4/c1-10-5-7-12(16(10)2)15(17)20-11-6-8-13(18-3)14(9-11)19-4/h5-9H,1-4H3. The molecule has 0 saturated heterocycles. The Kier molecular flexibility index (Phi) is 3.98. The van der Waals surface area contributed by atoms with Crippen LogP contribution in [0.15, 0.2) is 30.3 Å². The third kappa shape index (κ3) is 2.61. The lowest BCUT2D eigenvalue weighted by Crippen LogP contribution is -2.13. The molecule has 0 bridgehead atoms. The molecule has 0 amide bonds. The van der Waals surface area contributed by atoms with Crippen molar-refractivity contribution in [2.45, 2.75) is 6.92 Å². The van der Waals surface area contributed by atoms with Crippen molar-refractivity contribution < 1.29 is 19.0 Å². The van der Waals surface area contributed by atoms with Crippen LogP contribution in [0.25, 0.3) is 0 Å². The van der Waals surface area contributed by atoms with Gasteiger partial charge in [-0.05, 0) is 31.2 Å². The smallest absolute Gasteiger partial charge is 0.360 e. The fourth-order valence-electron chi connectivity index (χ4n) is 1.86. The van der Waals surface area contributed by atoms with E-state index in [1.54, 1.807) is 35.9 Å². The zero-order valence-electron chi connectivity index (χ0n) is 12.0. The monoisotopic (exact) mass is 275 g/mol. The Labute approximate surface area is 117 Å². The van der Waals surface area contributed by atoms with Crippen LogP contribution in [-0.2, 0) is 7.05 Å². The molecular weight excluding hydrogens is 258 g/mol. The average Bonchev–Trinajstić information content (AvgIpc) is 2.79. The number of benzene rings is 1. The van der Waals surface area contributed by atoms with Gasteiger partial charge in [-0.3, -0.25) is 0 Å². The van der Waals surface area contributed by atoms with E-state index in [1.807, 2.05) is 20.0 Å². The largest absolute Gasteiger partial charge is 0.493 e. The van der Waals surface area contributed by atoms with Crippen LogP contribution in [0.4, 0.5) is 0 Å². The van der Waals surface area contributed by atoms with Crippen molar-refractivity contribution in [3.05, 3.63) is 41.7 Å². The first-order chi connectivity index (χ1) is 9.56. The van der Waals surface area contributed by atoms with Crippen molar-refractivity contribution in [1.82, 2.24) is 4.57 Å². The molecule has 2 aromatic rings. The first-order valence-corrected chi connectivity index (χ1v) is 6.13. The van der Waals surface area contributed by atoms with Crippen molar-refractivity contribution >= 4 is 5.97 Å². The summed E-state index contributed by atoms with van der Waals surface area (Å²) in [4.78, 5) is 12.1. The van der Waals surface area contributed by atoms with Crippen molar-refractivity contribution in [1.29, 1.82) is 0 Å². The fraction of sp³-hybridized carbons (Fsp3) is 0.267. The van der Waals surface area contributed by atoms with Gasteiger partial charge in [0, 0.05) is 18.8 Å². The van der Waals surface area contributed by atoms with Crippen LogP contribution in [0.3, 0.4) is 0 Å². The second-order valence-corrected chi connectivity index (χ2v) is 4.33. The molecule has 0 aliphatic heterocycles. The van der Waals surface area contributed by atoms with Gasteiger partial charge >= 0.3 is 5.97 Å². The molecule has 1 aromatic heterocycles. The minimum atomic E-state index is -0.409. The molecule has 20 heavy (non-hydrogen) atoms. The van der Waals surface area contributed by atoms with Gasteiger partial charge in [0.15, 0.2) is 11.5 Å². The van der Waals surface area contributed by atoms with Crippen LogP contribution < -0.4 is 14.2 Å². The highest BCUT2D eigenvalue weighted by Crippen LogP contribution is 2.31. The Morgan fingerprint density at radius 2 is 1.75 bits per heavy atom. The summed E-state index contributed by atoms with van der Waals surface area (Å²) < 4.78 is 17.4. The third-order valence-electron chi connectivity index (χ3n) is 3.15. The molecule has 0 spiro atoms. The van der Waals surface area contributed by atoms with Crippen molar-refractivity contribution in [2.24, 2.45) is 7.05 Å². The Balaban J connectivity index is 2.22. The van der Waals surface area contributed by atoms with E-state index in [9.17, 15) is 4.79 Å². The van der Waals surface area contributed by atoms with Gasteiger partial charge in [-0.25, -0.2) is 4.79 Å². The van der Waals surface area contributed by atoms with E-state index in [1.165, 1.54) is 7.11 Å². The maximum absolute atomic E-state index is 12.1. The number of esters is 1. The number of rotatable bonds is 4. The van der Waals surface area contributed by atoms with Gasteiger partial charge < -0.3 is 18.8 Å². The summed E-state index contributed by atoms with van der Waals surface area (Å²) in [6.45, 7) is 1.92. The molecule has 0 atom stereocenters. The lowest BCUT2D eigenvalue weighted by atomic mass is 10.3. The Morgan fingerprint density at radius 3 is 2.30 bits per heavy atom. The molecule has 0 saturated carbocycles. The molecular formula is C15H17NO4. The van der Waals surface area contributed by atoms with E-state index in [4.69, 9.17) is 14.2 Å². The van der Waals surface area contributed by atoms with Crippen LogP contribution in [0.5, 0.6) is 17.2 Å². The highest BCUT2D eigenvalue weighted by molar-refractivity contribution is 5.89. The quantitative estimate of drug-likeness (QED) is 0.635. The maximum atomic E-state index is 12.1. The summed E-state index contributed by atoms with van der Waals surface area (Å²) in [6, 6.07) is 8.57. The number of aromatic nitrogens is 1. The fourth-order valence-corrected chi connectivity index (χ4v) is 1.86. The first-order valence-electron chi connectivity index (χ1n) is 6.13. The summed E-state index contributed by atoms with van der Waals surface area (Å²) in [5, 5.41) is 0. The van der Waals surface area contributed by atoms with Gasteiger partial charge in [0.25, 0.3) is 0 Å². The topological polar surface area (TPSA) is 49.7 Å². The summed E-state index contributed by atoms with van der Waals surface area (Å²) in [5.41, 5.74) is 1.49. The number of carbonyl (C=O) groups is 1. The molecule has 2 rings (SSSR count). The number of ether oxygens (including phenoxy) is 3. The summed E-state index contributed by atoms with van der Waals surface area (Å²) in [7, 11) is 4.90. The van der Waals surface area contributed by atoms with E-state index in [2.05, 4.69) is 0 Å². The molecule has 0 aliphatic rings. The third-order valence-corrected chi connectivity index (χ3v) is 3.15. The number of hydrogen-bond donors (Lipinski definition) is 0. The van der Waals surface area contributed by atoms with Crippen LogP contribution in [0.1, 0.15) is 16.2 Å². The molecule has 0 unspecified atom stereocenters. The zero-order chi connectivity index (χ0) is 14.7. The lowest BCUT2D eigenvalue weighted by molar-refractivity contribution is 0.0724. The van der Waals surface area contributed by atoms with E-state index in [0.29, 0.717) is 22.9 Å². The van der Waals surface area contributed by atoms with Gasteiger partial charge in [0.1, 0.15) is 11.4 Å².